The van der Waals surface area contributed by atoms with Crippen LogP contribution in [0.5, 0.6) is 0 Å². The first kappa shape index (κ1) is 16.7. The fourth-order valence-corrected chi connectivity index (χ4v) is 3.40. The van der Waals surface area contributed by atoms with Crippen LogP contribution < -0.4 is 10.2 Å². The minimum Gasteiger partial charge on any atom is -0.379 e. The number of hydrogen-bond acceptors (Lipinski definition) is 4. The summed E-state index contributed by atoms with van der Waals surface area (Å²) in [5, 5.41) is 5.98. The summed E-state index contributed by atoms with van der Waals surface area (Å²) in [6, 6.07) is 17.5. The van der Waals surface area contributed by atoms with E-state index in [0.29, 0.717) is 11.7 Å². The molecule has 0 aliphatic carbocycles. The van der Waals surface area contributed by atoms with Gasteiger partial charge < -0.3 is 5.32 Å². The van der Waals surface area contributed by atoms with E-state index in [-0.39, 0.29) is 5.91 Å². The molecule has 0 aliphatic heterocycles. The summed E-state index contributed by atoms with van der Waals surface area (Å²) in [5.74, 6) is -0.0528. The lowest BCUT2D eigenvalue weighted by Gasteiger charge is -2.17. The van der Waals surface area contributed by atoms with Crippen LogP contribution >= 0.6 is 27.3 Å². The summed E-state index contributed by atoms with van der Waals surface area (Å²) in [7, 11) is 0. The summed E-state index contributed by atoms with van der Waals surface area (Å²) in [6.45, 7) is 2.16. The topological polar surface area (TPSA) is 45.2 Å². The van der Waals surface area contributed by atoms with Gasteiger partial charge in [-0.05, 0) is 36.4 Å². The van der Waals surface area contributed by atoms with Crippen LogP contribution in [0.3, 0.4) is 0 Å². The van der Waals surface area contributed by atoms with E-state index < -0.39 is 0 Å². The van der Waals surface area contributed by atoms with Crippen molar-refractivity contribution >= 4 is 49.7 Å². The van der Waals surface area contributed by atoms with Crippen molar-refractivity contribution in [3.05, 3.63) is 70.1 Å². The number of benzene rings is 2. The van der Waals surface area contributed by atoms with Gasteiger partial charge in [0.2, 0.25) is 5.91 Å². The molecule has 3 aromatic rings. The number of para-hydroxylation sites is 1. The molecule has 0 saturated heterocycles. The van der Waals surface area contributed by atoms with Gasteiger partial charge in [0.1, 0.15) is 0 Å². The van der Waals surface area contributed by atoms with Crippen molar-refractivity contribution < 1.29 is 4.79 Å². The average Bonchev–Trinajstić information content (AvgIpc) is 3.03. The van der Waals surface area contributed by atoms with E-state index >= 15 is 0 Å². The molecule has 24 heavy (non-hydrogen) atoms. The van der Waals surface area contributed by atoms with Gasteiger partial charge in [0.15, 0.2) is 5.13 Å². The normalized spacial score (nSPS) is 10.4. The third-order valence-electron chi connectivity index (χ3n) is 3.38. The standard InChI is InChI=1S/C18H16BrN3OS/c1-13(23)22(17-5-3-2-4-6-17)18-21-16(12-24-18)11-20-15-9-7-14(19)8-10-15/h2-10,12,20H,11H2,1H3. The molecule has 6 heteroatoms. The van der Waals surface area contributed by atoms with Gasteiger partial charge in [-0.15, -0.1) is 11.3 Å². The highest BCUT2D eigenvalue weighted by molar-refractivity contribution is 9.10. The molecule has 122 valence electrons. The lowest BCUT2D eigenvalue weighted by Crippen LogP contribution is -2.22. The number of rotatable bonds is 5. The third kappa shape index (κ3) is 4.01. The number of halogens is 1. The highest BCUT2D eigenvalue weighted by Crippen LogP contribution is 2.29. The van der Waals surface area contributed by atoms with Gasteiger partial charge in [0.05, 0.1) is 17.9 Å². The monoisotopic (exact) mass is 401 g/mol. The first-order valence-electron chi connectivity index (χ1n) is 7.43. The molecule has 0 spiro atoms. The van der Waals surface area contributed by atoms with Crippen LogP contribution in [0.2, 0.25) is 0 Å². The molecule has 4 nitrogen and oxygen atoms in total. The SMILES string of the molecule is CC(=O)N(c1ccccc1)c1nc(CNc2ccc(Br)cc2)cs1. The maximum absolute atomic E-state index is 12.0. The highest BCUT2D eigenvalue weighted by Gasteiger charge is 2.17. The largest absolute Gasteiger partial charge is 0.379 e. The smallest absolute Gasteiger partial charge is 0.230 e. The number of carbonyl (C=O) groups is 1. The number of hydrogen-bond donors (Lipinski definition) is 1. The number of thiazole rings is 1. The van der Waals surface area contributed by atoms with E-state index in [9.17, 15) is 4.79 Å². The summed E-state index contributed by atoms with van der Waals surface area (Å²) in [4.78, 5) is 18.3. The maximum atomic E-state index is 12.0. The van der Waals surface area contributed by atoms with Crippen LogP contribution in [0, 0.1) is 0 Å². The molecule has 0 unspecified atom stereocenters. The zero-order chi connectivity index (χ0) is 16.9. The van der Waals surface area contributed by atoms with Crippen molar-refractivity contribution in [1.82, 2.24) is 4.98 Å². The van der Waals surface area contributed by atoms with Crippen LogP contribution in [0.25, 0.3) is 0 Å². The Balaban J connectivity index is 1.74. The van der Waals surface area contributed by atoms with Crippen molar-refractivity contribution in [3.8, 4) is 0 Å². The van der Waals surface area contributed by atoms with Gasteiger partial charge in [-0.1, -0.05) is 34.1 Å². The molecule has 0 radical (unpaired) electrons. The van der Waals surface area contributed by atoms with Crippen LogP contribution in [-0.4, -0.2) is 10.9 Å². The number of amides is 1. The summed E-state index contributed by atoms with van der Waals surface area (Å²) in [6.07, 6.45) is 0. The lowest BCUT2D eigenvalue weighted by atomic mass is 10.3. The van der Waals surface area contributed by atoms with Gasteiger partial charge >= 0.3 is 0 Å². The average molecular weight is 402 g/mol. The fourth-order valence-electron chi connectivity index (χ4n) is 2.24. The van der Waals surface area contributed by atoms with E-state index in [1.807, 2.05) is 60.0 Å². The second-order valence-electron chi connectivity index (χ2n) is 5.17. The second kappa shape index (κ2) is 7.59. The van der Waals surface area contributed by atoms with E-state index in [4.69, 9.17) is 0 Å². The third-order valence-corrected chi connectivity index (χ3v) is 4.78. The first-order chi connectivity index (χ1) is 11.6. The molecule has 1 heterocycles. The van der Waals surface area contributed by atoms with E-state index in [1.165, 1.54) is 11.3 Å². The predicted octanol–water partition coefficient (Wildman–Crippen LogP) is 5.20. The van der Waals surface area contributed by atoms with Gasteiger partial charge in [-0.3, -0.25) is 9.69 Å². The first-order valence-corrected chi connectivity index (χ1v) is 9.10. The predicted molar refractivity (Wildman–Crippen MR) is 103 cm³/mol. The van der Waals surface area contributed by atoms with Gasteiger partial charge in [-0.2, -0.15) is 0 Å². The molecule has 1 aromatic heterocycles. The molecule has 0 aliphatic rings. The van der Waals surface area contributed by atoms with E-state index in [0.717, 1.165) is 21.5 Å². The number of aromatic nitrogens is 1. The Kier molecular flexibility index (Phi) is 5.27. The zero-order valence-electron chi connectivity index (χ0n) is 13.1. The number of carbonyl (C=O) groups excluding carboxylic acids is 1. The molecule has 1 amide bonds. The van der Waals surface area contributed by atoms with Gasteiger partial charge in [0.25, 0.3) is 0 Å². The quantitative estimate of drug-likeness (QED) is 0.638. The molecular weight excluding hydrogens is 386 g/mol. The van der Waals surface area contributed by atoms with Gasteiger partial charge in [0, 0.05) is 22.5 Å². The second-order valence-corrected chi connectivity index (χ2v) is 6.92. The summed E-state index contributed by atoms with van der Waals surface area (Å²) < 4.78 is 1.05. The van der Waals surface area contributed by atoms with Crippen molar-refractivity contribution in [3.63, 3.8) is 0 Å². The molecule has 0 atom stereocenters. The molecular formula is C18H16BrN3OS. The lowest BCUT2D eigenvalue weighted by molar-refractivity contribution is -0.115. The Morgan fingerprint density at radius 2 is 1.88 bits per heavy atom. The molecule has 0 saturated carbocycles. The van der Waals surface area contributed by atoms with Crippen LogP contribution in [0.15, 0.2) is 64.5 Å². The van der Waals surface area contributed by atoms with Crippen molar-refractivity contribution in [2.45, 2.75) is 13.5 Å². The van der Waals surface area contributed by atoms with Crippen molar-refractivity contribution in [1.29, 1.82) is 0 Å². The minimum absolute atomic E-state index is 0.0528. The number of nitrogens with one attached hydrogen (secondary N) is 1. The van der Waals surface area contributed by atoms with Crippen molar-refractivity contribution in [2.24, 2.45) is 0 Å². The number of anilines is 3. The van der Waals surface area contributed by atoms with Crippen LogP contribution in [0.4, 0.5) is 16.5 Å². The molecule has 3 rings (SSSR count). The zero-order valence-corrected chi connectivity index (χ0v) is 15.5. The summed E-state index contributed by atoms with van der Waals surface area (Å²) >= 11 is 4.89. The minimum atomic E-state index is -0.0528. The Morgan fingerprint density at radius 3 is 2.54 bits per heavy atom. The molecule has 1 N–H and O–H groups in total. The molecule has 0 fully saturated rings. The highest BCUT2D eigenvalue weighted by atomic mass is 79.9. The Hall–Kier alpha value is -2.18. The number of nitrogens with zero attached hydrogens (tertiary/aromatic N) is 2. The molecule has 0 bridgehead atoms. The Morgan fingerprint density at radius 1 is 1.17 bits per heavy atom. The van der Waals surface area contributed by atoms with E-state index in [1.54, 1.807) is 11.8 Å². The fraction of sp³-hybridized carbons (Fsp3) is 0.111. The molecule has 2 aromatic carbocycles. The van der Waals surface area contributed by atoms with Crippen LogP contribution in [-0.2, 0) is 11.3 Å². The Labute approximate surface area is 153 Å². The summed E-state index contributed by atoms with van der Waals surface area (Å²) in [5.41, 5.74) is 2.76. The Bertz CT molecular complexity index is 818. The maximum Gasteiger partial charge on any atom is 0.230 e. The van der Waals surface area contributed by atoms with E-state index in [2.05, 4.69) is 26.2 Å². The van der Waals surface area contributed by atoms with Gasteiger partial charge in [-0.25, -0.2) is 4.98 Å². The van der Waals surface area contributed by atoms with Crippen LogP contribution in [0.1, 0.15) is 12.6 Å². The van der Waals surface area contributed by atoms with Crippen molar-refractivity contribution in [2.75, 3.05) is 10.2 Å².